The molecule has 1 aliphatic heterocycles. The first-order chi connectivity index (χ1) is 14.6. The molecule has 2 unspecified atom stereocenters. The second-order valence-corrected chi connectivity index (χ2v) is 7.10. The number of hydrogen-bond donors (Lipinski definition) is 1. The molecule has 1 N–H and O–H groups in total. The monoisotopic (exact) mass is 414 g/mol. The summed E-state index contributed by atoms with van der Waals surface area (Å²) in [6.45, 7) is 5.14. The van der Waals surface area contributed by atoms with Gasteiger partial charge in [0.15, 0.2) is 17.6 Å². The van der Waals surface area contributed by atoms with Crippen molar-refractivity contribution in [2.45, 2.75) is 19.1 Å². The molecule has 30 heavy (non-hydrogen) atoms. The lowest BCUT2D eigenvalue weighted by atomic mass is 10.0. The minimum absolute atomic E-state index is 0.0124. The molecule has 0 bridgehead atoms. The zero-order valence-electron chi connectivity index (χ0n) is 17.8. The van der Waals surface area contributed by atoms with Crippen LogP contribution in [0.5, 0.6) is 17.2 Å². The fourth-order valence-corrected chi connectivity index (χ4v) is 3.50. The quantitative estimate of drug-likeness (QED) is 0.680. The molecule has 1 saturated heterocycles. The lowest BCUT2D eigenvalue weighted by Crippen LogP contribution is -2.45. The summed E-state index contributed by atoms with van der Waals surface area (Å²) in [7, 11) is 3.24. The van der Waals surface area contributed by atoms with Gasteiger partial charge in [0.25, 0.3) is 5.91 Å². The molecule has 2 aromatic carbocycles. The number of rotatable bonds is 9. The Kier molecular flexibility index (Phi) is 7.93. The van der Waals surface area contributed by atoms with Crippen molar-refractivity contribution < 1.29 is 23.7 Å². The smallest absolute Gasteiger partial charge is 0.260 e. The standard InChI is InChI=1S/C23H30N2O5/c1-17(30-19-7-5-4-6-8-19)23(26)24-16-20(25-11-13-29-14-12-25)18-9-10-21(27-2)22(15-18)28-3/h4-10,15,17,20H,11-14,16H2,1-3H3,(H,24,26). The topological polar surface area (TPSA) is 69.3 Å². The van der Waals surface area contributed by atoms with Crippen LogP contribution in [0.4, 0.5) is 0 Å². The van der Waals surface area contributed by atoms with Crippen LogP contribution in [0.15, 0.2) is 48.5 Å². The minimum Gasteiger partial charge on any atom is -0.493 e. The number of hydrogen-bond acceptors (Lipinski definition) is 6. The van der Waals surface area contributed by atoms with Crippen molar-refractivity contribution in [3.8, 4) is 17.2 Å². The number of nitrogens with zero attached hydrogens (tertiary/aromatic N) is 1. The summed E-state index contributed by atoms with van der Waals surface area (Å²) in [6.07, 6.45) is -0.594. The van der Waals surface area contributed by atoms with Crippen molar-refractivity contribution in [2.75, 3.05) is 47.1 Å². The molecule has 0 aliphatic carbocycles. The molecule has 0 radical (unpaired) electrons. The average Bonchev–Trinajstić information content (AvgIpc) is 2.80. The Morgan fingerprint density at radius 2 is 1.77 bits per heavy atom. The summed E-state index contributed by atoms with van der Waals surface area (Å²) in [5.74, 6) is 1.86. The SMILES string of the molecule is COc1ccc(C(CNC(=O)C(C)Oc2ccccc2)N2CCOCC2)cc1OC. The first-order valence-corrected chi connectivity index (χ1v) is 10.2. The second-order valence-electron chi connectivity index (χ2n) is 7.10. The zero-order chi connectivity index (χ0) is 21.3. The van der Waals surface area contributed by atoms with Gasteiger partial charge in [-0.1, -0.05) is 24.3 Å². The van der Waals surface area contributed by atoms with Crippen molar-refractivity contribution in [3.05, 3.63) is 54.1 Å². The molecule has 1 aliphatic rings. The van der Waals surface area contributed by atoms with Gasteiger partial charge in [0, 0.05) is 19.6 Å². The van der Waals surface area contributed by atoms with E-state index in [0.717, 1.165) is 18.7 Å². The van der Waals surface area contributed by atoms with Crippen molar-refractivity contribution in [2.24, 2.45) is 0 Å². The van der Waals surface area contributed by atoms with Crippen LogP contribution in [0, 0.1) is 0 Å². The number of morpholine rings is 1. The van der Waals surface area contributed by atoms with Gasteiger partial charge in [-0.15, -0.1) is 0 Å². The van der Waals surface area contributed by atoms with Crippen molar-refractivity contribution >= 4 is 5.91 Å². The van der Waals surface area contributed by atoms with E-state index in [-0.39, 0.29) is 11.9 Å². The molecule has 0 aromatic heterocycles. The van der Waals surface area contributed by atoms with Gasteiger partial charge in [-0.05, 0) is 36.8 Å². The molecular weight excluding hydrogens is 384 g/mol. The summed E-state index contributed by atoms with van der Waals surface area (Å²) in [5.41, 5.74) is 1.05. The molecule has 1 amide bonds. The fourth-order valence-electron chi connectivity index (χ4n) is 3.50. The van der Waals surface area contributed by atoms with E-state index in [9.17, 15) is 4.79 Å². The predicted octanol–water partition coefficient (Wildman–Crippen LogP) is 2.66. The Morgan fingerprint density at radius 1 is 1.07 bits per heavy atom. The Labute approximate surface area is 177 Å². The molecule has 1 heterocycles. The Balaban J connectivity index is 1.70. The molecule has 2 aromatic rings. The van der Waals surface area contributed by atoms with E-state index in [1.807, 2.05) is 48.5 Å². The maximum atomic E-state index is 12.7. The van der Waals surface area contributed by atoms with E-state index in [1.165, 1.54) is 0 Å². The van der Waals surface area contributed by atoms with Gasteiger partial charge < -0.3 is 24.3 Å². The Morgan fingerprint density at radius 3 is 2.43 bits per heavy atom. The van der Waals surface area contributed by atoms with Gasteiger partial charge >= 0.3 is 0 Å². The van der Waals surface area contributed by atoms with E-state index >= 15 is 0 Å². The summed E-state index contributed by atoms with van der Waals surface area (Å²) in [4.78, 5) is 15.0. The van der Waals surface area contributed by atoms with Crippen LogP contribution in [0.3, 0.4) is 0 Å². The molecule has 7 heteroatoms. The summed E-state index contributed by atoms with van der Waals surface area (Å²) in [5, 5.41) is 3.05. The van der Waals surface area contributed by atoms with Gasteiger partial charge in [0.05, 0.1) is 33.5 Å². The third-order valence-corrected chi connectivity index (χ3v) is 5.17. The molecule has 2 atom stereocenters. The lowest BCUT2D eigenvalue weighted by Gasteiger charge is -2.35. The van der Waals surface area contributed by atoms with Crippen LogP contribution in [0.1, 0.15) is 18.5 Å². The molecule has 3 rings (SSSR count). The summed E-state index contributed by atoms with van der Waals surface area (Å²) in [6, 6.07) is 15.2. The fraction of sp³-hybridized carbons (Fsp3) is 0.435. The van der Waals surface area contributed by atoms with Gasteiger partial charge in [-0.2, -0.15) is 0 Å². The number of methoxy groups -OCH3 is 2. The van der Waals surface area contributed by atoms with Crippen molar-refractivity contribution in [1.82, 2.24) is 10.2 Å². The Hall–Kier alpha value is -2.77. The van der Waals surface area contributed by atoms with Gasteiger partial charge in [-0.3, -0.25) is 9.69 Å². The highest BCUT2D eigenvalue weighted by atomic mass is 16.5. The number of benzene rings is 2. The predicted molar refractivity (Wildman–Crippen MR) is 114 cm³/mol. The van der Waals surface area contributed by atoms with E-state index in [4.69, 9.17) is 18.9 Å². The molecule has 0 spiro atoms. The Bertz CT molecular complexity index is 808. The van der Waals surface area contributed by atoms with Gasteiger partial charge in [0.1, 0.15) is 5.75 Å². The number of para-hydroxylation sites is 1. The highest BCUT2D eigenvalue weighted by molar-refractivity contribution is 5.80. The normalized spacial score (nSPS) is 16.4. The third-order valence-electron chi connectivity index (χ3n) is 5.17. The van der Waals surface area contributed by atoms with E-state index in [0.29, 0.717) is 37.0 Å². The lowest BCUT2D eigenvalue weighted by molar-refractivity contribution is -0.127. The van der Waals surface area contributed by atoms with Gasteiger partial charge in [-0.25, -0.2) is 0 Å². The van der Waals surface area contributed by atoms with E-state index in [2.05, 4.69) is 10.2 Å². The van der Waals surface area contributed by atoms with Crippen LogP contribution in [-0.2, 0) is 9.53 Å². The number of carbonyl (C=O) groups excluding carboxylic acids is 1. The maximum absolute atomic E-state index is 12.7. The van der Waals surface area contributed by atoms with Crippen molar-refractivity contribution in [3.63, 3.8) is 0 Å². The van der Waals surface area contributed by atoms with Crippen LogP contribution in [0.25, 0.3) is 0 Å². The number of carbonyl (C=O) groups is 1. The average molecular weight is 415 g/mol. The van der Waals surface area contributed by atoms with E-state index < -0.39 is 6.10 Å². The highest BCUT2D eigenvalue weighted by Crippen LogP contribution is 2.32. The third kappa shape index (κ3) is 5.64. The van der Waals surface area contributed by atoms with Crippen LogP contribution < -0.4 is 19.5 Å². The summed E-state index contributed by atoms with van der Waals surface area (Å²) >= 11 is 0. The van der Waals surface area contributed by atoms with Crippen molar-refractivity contribution in [1.29, 1.82) is 0 Å². The second kappa shape index (κ2) is 10.8. The molecule has 0 saturated carbocycles. The molecule has 1 fully saturated rings. The van der Waals surface area contributed by atoms with Crippen LogP contribution in [-0.4, -0.2) is 64.0 Å². The molecular formula is C23H30N2O5. The van der Waals surface area contributed by atoms with Crippen LogP contribution >= 0.6 is 0 Å². The molecule has 7 nitrogen and oxygen atoms in total. The summed E-state index contributed by atoms with van der Waals surface area (Å²) < 4.78 is 22.1. The van der Waals surface area contributed by atoms with E-state index in [1.54, 1.807) is 21.1 Å². The van der Waals surface area contributed by atoms with Crippen LogP contribution in [0.2, 0.25) is 0 Å². The maximum Gasteiger partial charge on any atom is 0.260 e. The number of nitrogens with one attached hydrogen (secondary N) is 1. The number of ether oxygens (including phenoxy) is 4. The number of amides is 1. The largest absolute Gasteiger partial charge is 0.493 e. The molecule has 162 valence electrons. The minimum atomic E-state index is -0.594. The first kappa shape index (κ1) is 21.9. The zero-order valence-corrected chi connectivity index (χ0v) is 17.8. The van der Waals surface area contributed by atoms with Gasteiger partial charge in [0.2, 0.25) is 0 Å². The first-order valence-electron chi connectivity index (χ1n) is 10.2. The highest BCUT2D eigenvalue weighted by Gasteiger charge is 2.25.